The first kappa shape index (κ1) is 27.0. The Labute approximate surface area is 203 Å². The Morgan fingerprint density at radius 2 is 1.42 bits per heavy atom. The molecule has 0 aliphatic rings. The highest BCUT2D eigenvalue weighted by Crippen LogP contribution is 2.39. The van der Waals surface area contributed by atoms with Crippen LogP contribution in [0.1, 0.15) is 47.8 Å². The normalized spacial score (nSPS) is 12.0. The number of anilines is 2. The number of carbonyl (C=O) groups is 1. The number of rotatable bonds is 5. The molecule has 0 aliphatic carbocycles. The van der Waals surface area contributed by atoms with Crippen LogP contribution < -0.4 is 10.2 Å². The summed E-state index contributed by atoms with van der Waals surface area (Å²) in [7, 11) is 1.67. The molecule has 3 aromatic carbocycles. The molecule has 3 nitrogen and oxygen atoms in total. The van der Waals surface area contributed by atoms with Crippen molar-refractivity contribution in [2.45, 2.75) is 38.9 Å². The van der Waals surface area contributed by atoms with Gasteiger partial charge in [0.1, 0.15) is 11.3 Å². The van der Waals surface area contributed by atoms with E-state index in [0.29, 0.717) is 12.2 Å². The first-order chi connectivity index (χ1) is 16.6. The molecule has 36 heavy (non-hydrogen) atoms. The Morgan fingerprint density at radius 3 is 1.92 bits per heavy atom. The summed E-state index contributed by atoms with van der Waals surface area (Å²) < 4.78 is 95.4. The second kappa shape index (κ2) is 9.83. The molecule has 1 amide bonds. The van der Waals surface area contributed by atoms with E-state index in [2.05, 4.69) is 0 Å². The first-order valence-electron chi connectivity index (χ1n) is 10.8. The maximum atomic E-state index is 14.4. The second-order valence-corrected chi connectivity index (χ2v) is 9.28. The Balaban J connectivity index is 2.07. The highest BCUT2D eigenvalue weighted by Gasteiger charge is 2.42. The standard InChI is InChI=1S/C26H23F7N2O/c1-25(2,3)15-10-11-16(17(12-15)35(4)13-14-8-6-5-7-9-14)24(36)34-23-21(29)19(27)18(26(31,32)33)20(28)22(23)30/h5-12H,13H2,1-4H3,(H,34,36). The summed E-state index contributed by atoms with van der Waals surface area (Å²) in [6.07, 6.45) is -5.69. The van der Waals surface area contributed by atoms with Crippen LogP contribution in [-0.2, 0) is 18.1 Å². The zero-order valence-corrected chi connectivity index (χ0v) is 19.8. The van der Waals surface area contributed by atoms with Crippen molar-refractivity contribution in [1.29, 1.82) is 0 Å². The van der Waals surface area contributed by atoms with Gasteiger partial charge in [-0.3, -0.25) is 4.79 Å². The predicted octanol–water partition coefficient (Wildman–Crippen LogP) is 7.45. The number of nitrogens with one attached hydrogen (secondary N) is 1. The Kier molecular flexibility index (Phi) is 7.38. The summed E-state index contributed by atoms with van der Waals surface area (Å²) >= 11 is 0. The van der Waals surface area contributed by atoms with Crippen LogP contribution in [-0.4, -0.2) is 13.0 Å². The van der Waals surface area contributed by atoms with Gasteiger partial charge in [-0.05, 0) is 28.7 Å². The van der Waals surface area contributed by atoms with E-state index in [1.807, 2.05) is 51.1 Å². The van der Waals surface area contributed by atoms with Gasteiger partial charge in [0.2, 0.25) is 0 Å². The predicted molar refractivity (Wildman–Crippen MR) is 123 cm³/mol. The van der Waals surface area contributed by atoms with Gasteiger partial charge in [-0.1, -0.05) is 57.2 Å². The van der Waals surface area contributed by atoms with Crippen LogP contribution in [0.5, 0.6) is 0 Å². The van der Waals surface area contributed by atoms with E-state index in [-0.39, 0.29) is 11.0 Å². The van der Waals surface area contributed by atoms with Crippen molar-refractivity contribution >= 4 is 17.3 Å². The Bertz CT molecular complexity index is 1250. The van der Waals surface area contributed by atoms with Gasteiger partial charge in [0.25, 0.3) is 5.91 Å². The summed E-state index contributed by atoms with van der Waals surface area (Å²) in [5.74, 6) is -11.2. The SMILES string of the molecule is CN(Cc1ccccc1)c1cc(C(C)(C)C)ccc1C(=O)Nc1c(F)c(F)c(C(F)(F)F)c(F)c1F. The monoisotopic (exact) mass is 512 g/mol. The van der Waals surface area contributed by atoms with Crippen LogP contribution in [0.25, 0.3) is 0 Å². The number of halogens is 7. The topological polar surface area (TPSA) is 32.3 Å². The molecule has 0 unspecified atom stereocenters. The maximum absolute atomic E-state index is 14.4. The molecule has 0 bridgehead atoms. The van der Waals surface area contributed by atoms with Gasteiger partial charge in [0.15, 0.2) is 23.3 Å². The fourth-order valence-corrected chi connectivity index (χ4v) is 3.62. The lowest BCUT2D eigenvalue weighted by Gasteiger charge is -2.26. The lowest BCUT2D eigenvalue weighted by atomic mass is 9.86. The van der Waals surface area contributed by atoms with Crippen LogP contribution in [0.2, 0.25) is 0 Å². The first-order valence-corrected chi connectivity index (χ1v) is 10.8. The van der Waals surface area contributed by atoms with Gasteiger partial charge < -0.3 is 10.2 Å². The van der Waals surface area contributed by atoms with Gasteiger partial charge in [-0.25, -0.2) is 17.6 Å². The number of alkyl halides is 3. The van der Waals surface area contributed by atoms with Crippen LogP contribution in [0.15, 0.2) is 48.5 Å². The molecule has 192 valence electrons. The molecular formula is C26H23F7N2O. The van der Waals surface area contributed by atoms with E-state index in [9.17, 15) is 35.5 Å². The van der Waals surface area contributed by atoms with Crippen molar-refractivity contribution in [3.63, 3.8) is 0 Å². The number of carbonyl (C=O) groups excluding carboxylic acids is 1. The number of nitrogens with zero attached hydrogens (tertiary/aromatic N) is 1. The van der Waals surface area contributed by atoms with Crippen molar-refractivity contribution in [3.05, 3.63) is 94.1 Å². The van der Waals surface area contributed by atoms with Crippen molar-refractivity contribution in [3.8, 4) is 0 Å². The third-order valence-electron chi connectivity index (χ3n) is 5.57. The van der Waals surface area contributed by atoms with Gasteiger partial charge in [-0.2, -0.15) is 13.2 Å². The van der Waals surface area contributed by atoms with Crippen molar-refractivity contribution < 1.29 is 35.5 Å². The van der Waals surface area contributed by atoms with Crippen LogP contribution in [0, 0.1) is 23.3 Å². The minimum atomic E-state index is -5.69. The van der Waals surface area contributed by atoms with Gasteiger partial charge in [-0.15, -0.1) is 0 Å². The van der Waals surface area contributed by atoms with E-state index < -0.39 is 46.6 Å². The van der Waals surface area contributed by atoms with E-state index in [0.717, 1.165) is 11.1 Å². The number of amides is 1. The smallest absolute Gasteiger partial charge is 0.370 e. The highest BCUT2D eigenvalue weighted by atomic mass is 19.4. The van der Waals surface area contributed by atoms with Gasteiger partial charge in [0.05, 0.1) is 5.56 Å². The minimum absolute atomic E-state index is 0.110. The summed E-state index contributed by atoms with van der Waals surface area (Å²) in [6, 6.07) is 13.8. The molecule has 0 saturated heterocycles. The molecule has 0 atom stereocenters. The second-order valence-electron chi connectivity index (χ2n) is 9.28. The molecule has 0 spiro atoms. The number of benzene rings is 3. The lowest BCUT2D eigenvalue weighted by Crippen LogP contribution is -2.24. The fraction of sp³-hybridized carbons (Fsp3) is 0.269. The third-order valence-corrected chi connectivity index (χ3v) is 5.57. The largest absolute Gasteiger partial charge is 0.422 e. The van der Waals surface area contributed by atoms with Crippen molar-refractivity contribution in [2.24, 2.45) is 0 Å². The van der Waals surface area contributed by atoms with Crippen LogP contribution in [0.4, 0.5) is 42.1 Å². The molecule has 0 fully saturated rings. The maximum Gasteiger partial charge on any atom is 0.422 e. The molecule has 0 saturated carbocycles. The van der Waals surface area contributed by atoms with Gasteiger partial charge in [0, 0.05) is 19.3 Å². The summed E-state index contributed by atoms with van der Waals surface area (Å²) in [5.41, 5.74) is -2.78. The molecule has 0 radical (unpaired) electrons. The Morgan fingerprint density at radius 1 is 0.861 bits per heavy atom. The van der Waals surface area contributed by atoms with Crippen molar-refractivity contribution in [1.82, 2.24) is 0 Å². The molecule has 3 rings (SSSR count). The number of hydrogen-bond donors (Lipinski definition) is 1. The summed E-state index contributed by atoms with van der Waals surface area (Å²) in [5, 5.41) is 1.71. The highest BCUT2D eigenvalue weighted by molar-refractivity contribution is 6.08. The molecule has 1 N–H and O–H groups in total. The molecule has 0 heterocycles. The third kappa shape index (κ3) is 5.47. The van der Waals surface area contributed by atoms with E-state index in [1.165, 1.54) is 6.07 Å². The average Bonchev–Trinajstić information content (AvgIpc) is 2.79. The zero-order valence-electron chi connectivity index (χ0n) is 19.8. The van der Waals surface area contributed by atoms with Crippen molar-refractivity contribution in [2.75, 3.05) is 17.3 Å². The van der Waals surface area contributed by atoms with E-state index in [4.69, 9.17) is 0 Å². The molecule has 10 heteroatoms. The Hall–Kier alpha value is -3.56. The quantitative estimate of drug-likeness (QED) is 0.285. The van der Waals surface area contributed by atoms with E-state index >= 15 is 0 Å². The lowest BCUT2D eigenvalue weighted by molar-refractivity contribution is -0.143. The van der Waals surface area contributed by atoms with Crippen LogP contribution in [0.3, 0.4) is 0 Å². The van der Waals surface area contributed by atoms with Crippen LogP contribution >= 0.6 is 0 Å². The molecular weight excluding hydrogens is 489 g/mol. The summed E-state index contributed by atoms with van der Waals surface area (Å²) in [6.45, 7) is 6.13. The fourth-order valence-electron chi connectivity index (χ4n) is 3.62. The molecule has 3 aromatic rings. The average molecular weight is 512 g/mol. The van der Waals surface area contributed by atoms with Gasteiger partial charge >= 0.3 is 6.18 Å². The zero-order chi connectivity index (χ0) is 27.0. The minimum Gasteiger partial charge on any atom is -0.370 e. The van der Waals surface area contributed by atoms with E-state index in [1.54, 1.807) is 29.4 Å². The molecule has 0 aromatic heterocycles. The summed E-state index contributed by atoms with van der Waals surface area (Å²) in [4.78, 5) is 14.7. The molecule has 0 aliphatic heterocycles. The number of hydrogen-bond acceptors (Lipinski definition) is 2.